The van der Waals surface area contributed by atoms with Crippen LogP contribution in [0.4, 0.5) is 0 Å². The van der Waals surface area contributed by atoms with Gasteiger partial charge in [-0.2, -0.15) is 5.10 Å². The van der Waals surface area contributed by atoms with Crippen molar-refractivity contribution in [3.8, 4) is 0 Å². The first-order chi connectivity index (χ1) is 14.3. The van der Waals surface area contributed by atoms with E-state index in [9.17, 15) is 4.79 Å². The number of para-hydroxylation sites is 1. The summed E-state index contributed by atoms with van der Waals surface area (Å²) in [4.78, 5) is 14.4. The maximum atomic E-state index is 13.1. The van der Waals surface area contributed by atoms with Crippen LogP contribution in [0.5, 0.6) is 0 Å². The molecule has 30 heavy (non-hydrogen) atoms. The molecule has 2 aliphatic rings. The summed E-state index contributed by atoms with van der Waals surface area (Å²) in [6, 6.07) is 16.8. The highest BCUT2D eigenvalue weighted by Crippen LogP contribution is 2.54. The minimum absolute atomic E-state index is 0.133. The van der Waals surface area contributed by atoms with E-state index in [4.69, 9.17) is 5.10 Å². The zero-order valence-electron chi connectivity index (χ0n) is 17.9. The number of carbonyl (C=O) groups excluding carboxylic acids is 1. The third-order valence-electron chi connectivity index (χ3n) is 6.50. The number of amides is 1. The second kappa shape index (κ2) is 7.13. The van der Waals surface area contributed by atoms with Crippen LogP contribution in [0.2, 0.25) is 0 Å². The fourth-order valence-corrected chi connectivity index (χ4v) is 5.87. The highest BCUT2D eigenvalue weighted by Gasteiger charge is 2.60. The lowest BCUT2D eigenvalue weighted by Gasteiger charge is -2.26. The van der Waals surface area contributed by atoms with Crippen molar-refractivity contribution in [1.29, 1.82) is 0 Å². The number of aromatic nitrogens is 2. The van der Waals surface area contributed by atoms with Crippen LogP contribution < -0.4 is 5.32 Å². The number of hydrogen-bond acceptors (Lipinski definition) is 4. The Kier molecular flexibility index (Phi) is 4.67. The summed E-state index contributed by atoms with van der Waals surface area (Å²) in [7, 11) is 1.95. The molecule has 2 aromatic carbocycles. The predicted molar refractivity (Wildman–Crippen MR) is 121 cm³/mol. The first-order valence-electron chi connectivity index (χ1n) is 10.6. The number of piperidine rings is 1. The van der Waals surface area contributed by atoms with Gasteiger partial charge >= 0.3 is 0 Å². The van der Waals surface area contributed by atoms with Gasteiger partial charge < -0.3 is 5.32 Å². The minimum atomic E-state index is -0.509. The number of fused-ring (bicyclic) bond motifs is 2. The normalized spacial score (nSPS) is 23.5. The van der Waals surface area contributed by atoms with E-state index in [1.165, 1.54) is 10.5 Å². The quantitative estimate of drug-likeness (QED) is 0.631. The average Bonchev–Trinajstić information content (AvgIpc) is 3.04. The van der Waals surface area contributed by atoms with Gasteiger partial charge in [0, 0.05) is 36.3 Å². The fourth-order valence-electron chi connectivity index (χ4n) is 4.83. The van der Waals surface area contributed by atoms with Crippen LogP contribution >= 0.6 is 11.9 Å². The number of nitrogens with one attached hydrogen (secondary N) is 1. The number of rotatable bonds is 5. The van der Waals surface area contributed by atoms with Crippen LogP contribution in [0.15, 0.2) is 53.4 Å². The Morgan fingerprint density at radius 1 is 1.10 bits per heavy atom. The van der Waals surface area contributed by atoms with E-state index >= 15 is 0 Å². The molecule has 2 atom stereocenters. The molecular weight excluding hydrogens is 392 g/mol. The first kappa shape index (κ1) is 19.6. The summed E-state index contributed by atoms with van der Waals surface area (Å²) in [5.74, 6) is 1.25. The summed E-state index contributed by atoms with van der Waals surface area (Å²) >= 11 is 1.81. The van der Waals surface area contributed by atoms with E-state index in [-0.39, 0.29) is 11.8 Å². The zero-order valence-corrected chi connectivity index (χ0v) is 18.7. The highest BCUT2D eigenvalue weighted by molar-refractivity contribution is 7.97. The summed E-state index contributed by atoms with van der Waals surface area (Å²) in [6.07, 6.45) is 0. The first-order valence-corrected chi connectivity index (χ1v) is 11.3. The number of hydrogen-bond donors (Lipinski definition) is 1. The Labute approximate surface area is 182 Å². The Morgan fingerprint density at radius 2 is 1.77 bits per heavy atom. The molecule has 1 aliphatic carbocycles. The molecule has 156 valence electrons. The smallest absolute Gasteiger partial charge is 0.224 e. The molecule has 5 rings (SSSR count). The zero-order chi connectivity index (χ0) is 21.0. The topological polar surface area (TPSA) is 50.2 Å². The molecule has 1 aliphatic heterocycles. The number of nitrogens with zero attached hydrogens (tertiary/aromatic N) is 3. The molecule has 1 aromatic heterocycles. The van der Waals surface area contributed by atoms with Gasteiger partial charge in [-0.1, -0.05) is 35.9 Å². The molecule has 0 spiro atoms. The Balaban J connectivity index is 1.22. The van der Waals surface area contributed by atoms with E-state index < -0.39 is 5.54 Å². The Hall–Kier alpha value is -2.31. The lowest BCUT2D eigenvalue weighted by atomic mass is 9.96. The van der Waals surface area contributed by atoms with Crippen LogP contribution in [-0.4, -0.2) is 33.1 Å². The molecule has 1 N–H and O–H groups in total. The number of benzene rings is 2. The molecular formula is C24H28N4OS. The van der Waals surface area contributed by atoms with Gasteiger partial charge in [-0.3, -0.25) is 9.48 Å². The van der Waals surface area contributed by atoms with Crippen LogP contribution in [0.1, 0.15) is 25.1 Å². The molecule has 0 bridgehead atoms. The van der Waals surface area contributed by atoms with E-state index in [1.54, 1.807) is 0 Å². The van der Waals surface area contributed by atoms with Crippen LogP contribution in [0.3, 0.4) is 0 Å². The van der Waals surface area contributed by atoms with Crippen molar-refractivity contribution in [2.45, 2.75) is 31.2 Å². The van der Waals surface area contributed by atoms with Gasteiger partial charge in [-0.25, -0.2) is 4.31 Å². The monoisotopic (exact) mass is 420 g/mol. The number of carbonyl (C=O) groups is 1. The molecule has 2 unspecified atom stereocenters. The molecule has 3 aromatic rings. The molecule has 5 nitrogen and oxygen atoms in total. The molecule has 1 amide bonds. The second-order valence-electron chi connectivity index (χ2n) is 9.21. The van der Waals surface area contributed by atoms with Gasteiger partial charge in [0.2, 0.25) is 5.91 Å². The molecule has 2 fully saturated rings. The van der Waals surface area contributed by atoms with Gasteiger partial charge in [0.05, 0.1) is 16.7 Å². The van der Waals surface area contributed by atoms with E-state index in [0.29, 0.717) is 11.8 Å². The highest BCUT2D eigenvalue weighted by atomic mass is 32.2. The standard InChI is InChI=1S/C24H28N4OS/c1-15-9-11-16(12-10-15)30-28-13-18-19(14-28)21(18)23(29)25-24(2,3)22-17-7-5-6-8-20(17)27(4)26-22/h5-12,18-19,21H,13-14H2,1-4H3,(H,25,29). The van der Waals surface area contributed by atoms with Crippen molar-refractivity contribution >= 4 is 28.8 Å². The molecule has 2 heterocycles. The Bertz CT molecular complexity index is 1090. The summed E-state index contributed by atoms with van der Waals surface area (Å²) < 4.78 is 4.30. The van der Waals surface area contributed by atoms with Gasteiger partial charge in [-0.05, 0) is 62.8 Å². The summed E-state index contributed by atoms with van der Waals surface area (Å²) in [6.45, 7) is 8.18. The van der Waals surface area contributed by atoms with Crippen molar-refractivity contribution in [3.05, 3.63) is 59.8 Å². The third kappa shape index (κ3) is 3.42. The van der Waals surface area contributed by atoms with Crippen LogP contribution in [-0.2, 0) is 17.4 Å². The summed E-state index contributed by atoms with van der Waals surface area (Å²) in [5, 5.41) is 9.12. The third-order valence-corrected chi connectivity index (χ3v) is 7.54. The van der Waals surface area contributed by atoms with E-state index in [2.05, 4.69) is 66.8 Å². The average molecular weight is 421 g/mol. The molecule has 0 radical (unpaired) electrons. The van der Waals surface area contributed by atoms with Crippen molar-refractivity contribution in [2.24, 2.45) is 24.8 Å². The van der Waals surface area contributed by atoms with Crippen molar-refractivity contribution in [3.63, 3.8) is 0 Å². The van der Waals surface area contributed by atoms with Gasteiger partial charge in [-0.15, -0.1) is 0 Å². The van der Waals surface area contributed by atoms with Gasteiger partial charge in [0.1, 0.15) is 0 Å². The Morgan fingerprint density at radius 3 is 2.47 bits per heavy atom. The van der Waals surface area contributed by atoms with Crippen molar-refractivity contribution in [2.75, 3.05) is 13.1 Å². The molecule has 6 heteroatoms. The number of aryl methyl sites for hydroxylation is 2. The fraction of sp³-hybridized carbons (Fsp3) is 0.417. The summed E-state index contributed by atoms with van der Waals surface area (Å²) in [5.41, 5.74) is 2.78. The second-order valence-corrected chi connectivity index (χ2v) is 10.4. The minimum Gasteiger partial charge on any atom is -0.345 e. The van der Waals surface area contributed by atoms with E-state index in [1.807, 2.05) is 35.8 Å². The lowest BCUT2D eigenvalue weighted by Crippen LogP contribution is -2.43. The maximum Gasteiger partial charge on any atom is 0.224 e. The van der Waals surface area contributed by atoms with Gasteiger partial charge in [0.15, 0.2) is 0 Å². The lowest BCUT2D eigenvalue weighted by molar-refractivity contribution is -0.124. The SMILES string of the molecule is Cc1ccc(SN2CC3C(C2)C3C(=O)NC(C)(C)c2nn(C)c3ccccc23)cc1. The maximum absolute atomic E-state index is 13.1. The largest absolute Gasteiger partial charge is 0.345 e. The molecule has 1 saturated heterocycles. The van der Waals surface area contributed by atoms with Crippen molar-refractivity contribution in [1.82, 2.24) is 19.4 Å². The van der Waals surface area contributed by atoms with E-state index in [0.717, 1.165) is 29.7 Å². The van der Waals surface area contributed by atoms with Crippen LogP contribution in [0, 0.1) is 24.7 Å². The van der Waals surface area contributed by atoms with Crippen LogP contribution in [0.25, 0.3) is 10.9 Å². The van der Waals surface area contributed by atoms with Gasteiger partial charge in [0.25, 0.3) is 0 Å². The predicted octanol–water partition coefficient (Wildman–Crippen LogP) is 4.12. The van der Waals surface area contributed by atoms with Crippen molar-refractivity contribution < 1.29 is 4.79 Å². The molecule has 1 saturated carbocycles.